The number of fused-ring (bicyclic) bond motifs is 2. The van der Waals surface area contributed by atoms with Gasteiger partial charge in [-0.05, 0) is 37.5 Å². The summed E-state index contributed by atoms with van der Waals surface area (Å²) in [6.07, 6.45) is 5.26. The van der Waals surface area contributed by atoms with E-state index in [9.17, 15) is 9.59 Å². The first-order chi connectivity index (χ1) is 20.6. The van der Waals surface area contributed by atoms with Crippen LogP contribution >= 0.6 is 0 Å². The van der Waals surface area contributed by atoms with Crippen molar-refractivity contribution in [2.45, 2.75) is 40.5 Å². The number of carbonyl (C=O) groups is 2. The van der Waals surface area contributed by atoms with Gasteiger partial charge in [0.1, 0.15) is 11.4 Å². The highest BCUT2D eigenvalue weighted by Crippen LogP contribution is 2.35. The number of aryl methyl sites for hydroxylation is 3. The number of methoxy groups -OCH3 is 1. The molecule has 5 aromatic rings. The largest absolute Gasteiger partial charge is 0.496 e. The molecule has 0 unspecified atom stereocenters. The molecule has 1 saturated heterocycles. The number of nitrogens with zero attached hydrogens (tertiary/aromatic N) is 8. The first-order valence-corrected chi connectivity index (χ1v) is 14.5. The fourth-order valence-electron chi connectivity index (χ4n) is 6.13. The van der Waals surface area contributed by atoms with Crippen LogP contribution in [0, 0.1) is 13.8 Å². The molecule has 1 fully saturated rings. The van der Waals surface area contributed by atoms with E-state index in [1.165, 1.54) is 0 Å². The van der Waals surface area contributed by atoms with Gasteiger partial charge >= 0.3 is 0 Å². The highest BCUT2D eigenvalue weighted by atomic mass is 16.5. The van der Waals surface area contributed by atoms with Gasteiger partial charge in [-0.3, -0.25) is 19.6 Å². The summed E-state index contributed by atoms with van der Waals surface area (Å²) in [7, 11) is 3.57. The quantitative estimate of drug-likeness (QED) is 0.303. The standard InChI is InChI=1S/C32H36N8O3/c1-18(2)30-29-19(3)31(32(42)39-12-10-38(11-13-39)21(5)41)37(6)26(29)15-28(36-30)40-25-14-24(35-20(4)22(25)17-34-40)23-16-33-9-8-27(23)43-7/h8-9,14-18H,10-13H2,1-7H3. The van der Waals surface area contributed by atoms with Crippen LogP contribution in [0.15, 0.2) is 36.8 Å². The third-order valence-electron chi connectivity index (χ3n) is 8.45. The van der Waals surface area contributed by atoms with Crippen molar-refractivity contribution in [2.75, 3.05) is 33.3 Å². The molecule has 43 heavy (non-hydrogen) atoms. The van der Waals surface area contributed by atoms with Gasteiger partial charge in [-0.2, -0.15) is 5.10 Å². The van der Waals surface area contributed by atoms with E-state index in [4.69, 9.17) is 19.8 Å². The highest BCUT2D eigenvalue weighted by Gasteiger charge is 2.29. The van der Waals surface area contributed by atoms with Crippen LogP contribution in [0.4, 0.5) is 0 Å². The van der Waals surface area contributed by atoms with E-state index in [-0.39, 0.29) is 17.7 Å². The topological polar surface area (TPSA) is 111 Å². The Balaban J connectivity index is 1.49. The molecule has 0 aliphatic carbocycles. The lowest BCUT2D eigenvalue weighted by molar-refractivity contribution is -0.130. The lowest BCUT2D eigenvalue weighted by Crippen LogP contribution is -2.50. The monoisotopic (exact) mass is 580 g/mol. The van der Waals surface area contributed by atoms with Gasteiger partial charge < -0.3 is 19.1 Å². The number of rotatable bonds is 5. The molecule has 222 valence electrons. The molecule has 0 saturated carbocycles. The van der Waals surface area contributed by atoms with Gasteiger partial charge in [-0.25, -0.2) is 9.67 Å². The minimum Gasteiger partial charge on any atom is -0.496 e. The first kappa shape index (κ1) is 28.3. The maximum Gasteiger partial charge on any atom is 0.270 e. The van der Waals surface area contributed by atoms with Crippen LogP contribution in [-0.4, -0.2) is 84.2 Å². The zero-order valence-corrected chi connectivity index (χ0v) is 25.7. The fourth-order valence-corrected chi connectivity index (χ4v) is 6.13. The third-order valence-corrected chi connectivity index (χ3v) is 8.45. The summed E-state index contributed by atoms with van der Waals surface area (Å²) in [6.45, 7) is 11.9. The summed E-state index contributed by atoms with van der Waals surface area (Å²) in [5.74, 6) is 1.46. The summed E-state index contributed by atoms with van der Waals surface area (Å²) in [5, 5.41) is 6.66. The van der Waals surface area contributed by atoms with E-state index in [1.807, 2.05) is 59.4 Å². The van der Waals surface area contributed by atoms with E-state index in [2.05, 4.69) is 18.8 Å². The summed E-state index contributed by atoms with van der Waals surface area (Å²) in [5.41, 5.74) is 6.60. The number of aromatic nitrogens is 6. The minimum absolute atomic E-state index is 0.0306. The Labute approximate surface area is 250 Å². The minimum atomic E-state index is -0.0306. The number of pyridine rings is 3. The Morgan fingerprint density at radius 1 is 0.977 bits per heavy atom. The zero-order valence-electron chi connectivity index (χ0n) is 25.7. The van der Waals surface area contributed by atoms with Crippen LogP contribution in [0.3, 0.4) is 0 Å². The number of carbonyl (C=O) groups excluding carboxylic acids is 2. The second kappa shape index (κ2) is 10.8. The van der Waals surface area contributed by atoms with Gasteiger partial charge in [-0.15, -0.1) is 0 Å². The van der Waals surface area contributed by atoms with Gasteiger partial charge in [0, 0.05) is 75.1 Å². The molecule has 0 N–H and O–H groups in total. The van der Waals surface area contributed by atoms with Crippen molar-refractivity contribution in [3.8, 4) is 22.8 Å². The molecule has 0 spiro atoms. The predicted molar refractivity (Wildman–Crippen MR) is 165 cm³/mol. The number of amides is 2. The Morgan fingerprint density at radius 3 is 2.37 bits per heavy atom. The van der Waals surface area contributed by atoms with E-state index >= 15 is 0 Å². The van der Waals surface area contributed by atoms with Crippen molar-refractivity contribution in [1.82, 2.24) is 39.1 Å². The van der Waals surface area contributed by atoms with Crippen molar-refractivity contribution in [1.29, 1.82) is 0 Å². The van der Waals surface area contributed by atoms with Crippen molar-refractivity contribution in [3.05, 3.63) is 59.4 Å². The molecular formula is C32H36N8O3. The smallest absolute Gasteiger partial charge is 0.270 e. The van der Waals surface area contributed by atoms with Gasteiger partial charge in [0.25, 0.3) is 5.91 Å². The van der Waals surface area contributed by atoms with Crippen LogP contribution in [0.25, 0.3) is 38.9 Å². The fraction of sp³-hybridized carbons (Fsp3) is 0.375. The third kappa shape index (κ3) is 4.68. The van der Waals surface area contributed by atoms with Crippen LogP contribution < -0.4 is 4.74 Å². The summed E-state index contributed by atoms with van der Waals surface area (Å²) < 4.78 is 9.40. The molecular weight excluding hydrogens is 544 g/mol. The van der Waals surface area contributed by atoms with Crippen molar-refractivity contribution in [3.63, 3.8) is 0 Å². The second-order valence-corrected chi connectivity index (χ2v) is 11.4. The van der Waals surface area contributed by atoms with Gasteiger partial charge in [0.15, 0.2) is 5.82 Å². The number of piperazine rings is 1. The summed E-state index contributed by atoms with van der Waals surface area (Å²) in [6, 6.07) is 5.81. The number of hydrogen-bond acceptors (Lipinski definition) is 7. The molecule has 5 aromatic heterocycles. The molecule has 0 bridgehead atoms. The van der Waals surface area contributed by atoms with Crippen molar-refractivity contribution in [2.24, 2.45) is 7.05 Å². The number of hydrogen-bond donors (Lipinski definition) is 0. The average Bonchev–Trinajstić information content (AvgIpc) is 3.55. The SMILES string of the molecule is COc1ccncc1-c1cc2c(cnn2-c2cc3c(c(C(C)C)n2)c(C)c(C(=O)N2CCN(C(C)=O)CC2)n3C)c(C)n1. The Bertz CT molecular complexity index is 1900. The zero-order chi connectivity index (χ0) is 30.6. The Kier molecular flexibility index (Phi) is 7.11. The van der Waals surface area contributed by atoms with Gasteiger partial charge in [-0.1, -0.05) is 13.8 Å². The predicted octanol–water partition coefficient (Wildman–Crippen LogP) is 4.42. The second-order valence-electron chi connectivity index (χ2n) is 11.4. The van der Waals surface area contributed by atoms with Crippen molar-refractivity contribution >= 4 is 33.6 Å². The molecule has 1 aliphatic heterocycles. The molecule has 11 heteroatoms. The van der Waals surface area contributed by atoms with Crippen LogP contribution in [0.2, 0.25) is 0 Å². The molecule has 6 heterocycles. The normalized spacial score (nSPS) is 13.9. The van der Waals surface area contributed by atoms with Gasteiger partial charge in [0.2, 0.25) is 5.91 Å². The highest BCUT2D eigenvalue weighted by molar-refractivity contribution is 6.03. The van der Waals surface area contributed by atoms with Crippen LogP contribution in [-0.2, 0) is 11.8 Å². The van der Waals surface area contributed by atoms with E-state index in [0.29, 0.717) is 43.4 Å². The Morgan fingerprint density at radius 2 is 1.70 bits per heavy atom. The lowest BCUT2D eigenvalue weighted by atomic mass is 10.0. The molecule has 0 radical (unpaired) electrons. The van der Waals surface area contributed by atoms with Crippen LogP contribution in [0.5, 0.6) is 5.75 Å². The molecule has 2 amide bonds. The van der Waals surface area contributed by atoms with E-state index < -0.39 is 0 Å². The maximum atomic E-state index is 13.9. The molecule has 6 rings (SSSR count). The Hall–Kier alpha value is -4.80. The molecule has 11 nitrogen and oxygen atoms in total. The number of ether oxygens (including phenoxy) is 1. The molecule has 0 atom stereocenters. The first-order valence-electron chi connectivity index (χ1n) is 14.5. The maximum absolute atomic E-state index is 13.9. The van der Waals surface area contributed by atoms with Gasteiger partial charge in [0.05, 0.1) is 41.3 Å². The van der Waals surface area contributed by atoms with Crippen LogP contribution in [0.1, 0.15) is 54.1 Å². The van der Waals surface area contributed by atoms with E-state index in [1.54, 1.807) is 31.3 Å². The summed E-state index contributed by atoms with van der Waals surface area (Å²) in [4.78, 5) is 43.6. The molecule has 0 aromatic carbocycles. The molecule has 1 aliphatic rings. The summed E-state index contributed by atoms with van der Waals surface area (Å²) >= 11 is 0. The van der Waals surface area contributed by atoms with Crippen molar-refractivity contribution < 1.29 is 14.3 Å². The van der Waals surface area contributed by atoms with E-state index in [0.717, 1.165) is 50.0 Å². The average molecular weight is 581 g/mol. The lowest BCUT2D eigenvalue weighted by Gasteiger charge is -2.34.